The number of hydrogen-bond acceptors (Lipinski definition) is 4. The molecule has 2 bridgehead atoms. The predicted molar refractivity (Wildman–Crippen MR) is 56.7 cm³/mol. The van der Waals surface area contributed by atoms with Gasteiger partial charge in [0.15, 0.2) is 0 Å². The number of rotatable bonds is 2. The van der Waals surface area contributed by atoms with Gasteiger partial charge in [0.2, 0.25) is 0 Å². The molecule has 0 aromatic carbocycles. The molecule has 84 valence electrons. The third-order valence-corrected chi connectivity index (χ3v) is 3.21. The fourth-order valence-electron chi connectivity index (χ4n) is 2.45. The number of carboxylic acids is 1. The van der Waals surface area contributed by atoms with Crippen molar-refractivity contribution in [2.45, 2.75) is 18.5 Å². The number of aromatic nitrogens is 1. The summed E-state index contributed by atoms with van der Waals surface area (Å²) >= 11 is 0. The van der Waals surface area contributed by atoms with Crippen molar-refractivity contribution in [1.29, 1.82) is 0 Å². The van der Waals surface area contributed by atoms with Crippen LogP contribution >= 0.6 is 0 Å². The monoisotopic (exact) mass is 220 g/mol. The fraction of sp³-hybridized carbons (Fsp3) is 0.455. The smallest absolute Gasteiger partial charge is 0.339 e. The summed E-state index contributed by atoms with van der Waals surface area (Å²) in [4.78, 5) is 17.4. The summed E-state index contributed by atoms with van der Waals surface area (Å²) in [5.74, 6) is -0.339. The Morgan fingerprint density at radius 2 is 2.25 bits per heavy atom. The number of anilines is 1. The second-order valence-electron chi connectivity index (χ2n) is 4.17. The zero-order valence-corrected chi connectivity index (χ0v) is 8.67. The highest BCUT2D eigenvalue weighted by Crippen LogP contribution is 2.36. The average molecular weight is 220 g/mol. The number of nitrogens with zero attached hydrogens (tertiary/aromatic N) is 2. The lowest BCUT2D eigenvalue weighted by Crippen LogP contribution is -2.64. The van der Waals surface area contributed by atoms with E-state index in [1.54, 1.807) is 18.3 Å². The maximum Gasteiger partial charge on any atom is 0.339 e. The third-order valence-electron chi connectivity index (χ3n) is 3.21. The first-order valence-electron chi connectivity index (χ1n) is 5.32. The largest absolute Gasteiger partial charge is 0.478 e. The number of morpholine rings is 1. The summed E-state index contributed by atoms with van der Waals surface area (Å²) in [6.45, 7) is 1.35. The first-order valence-corrected chi connectivity index (χ1v) is 5.32. The van der Waals surface area contributed by atoms with Crippen LogP contribution in [0.3, 0.4) is 0 Å². The molecule has 2 aliphatic heterocycles. The highest BCUT2D eigenvalue weighted by Gasteiger charge is 2.44. The van der Waals surface area contributed by atoms with Gasteiger partial charge in [-0.1, -0.05) is 0 Å². The molecular formula is C11H12N2O3. The maximum atomic E-state index is 11.1. The van der Waals surface area contributed by atoms with Gasteiger partial charge < -0.3 is 14.7 Å². The Bertz CT molecular complexity index is 421. The van der Waals surface area contributed by atoms with E-state index in [-0.39, 0.29) is 5.56 Å². The Hall–Kier alpha value is -1.62. The number of ether oxygens (including phenoxy) is 1. The number of carboxylic acid groups (broad SMARTS) is 1. The molecule has 5 heteroatoms. The molecule has 1 N–H and O–H groups in total. The highest BCUT2D eigenvalue weighted by atomic mass is 16.5. The summed E-state index contributed by atoms with van der Waals surface area (Å²) in [6, 6.07) is 3.84. The minimum absolute atomic E-state index is 0.277. The molecule has 1 aromatic rings. The van der Waals surface area contributed by atoms with Crippen molar-refractivity contribution in [2.24, 2.45) is 0 Å². The summed E-state index contributed by atoms with van der Waals surface area (Å²) in [5, 5.41) is 9.10. The molecule has 3 heterocycles. The molecule has 16 heavy (non-hydrogen) atoms. The minimum atomic E-state index is -0.922. The van der Waals surface area contributed by atoms with Crippen LogP contribution in [0.5, 0.6) is 0 Å². The van der Waals surface area contributed by atoms with Crippen molar-refractivity contribution >= 4 is 11.8 Å². The molecule has 5 nitrogen and oxygen atoms in total. The van der Waals surface area contributed by atoms with Gasteiger partial charge in [-0.2, -0.15) is 0 Å². The number of hydrogen-bond donors (Lipinski definition) is 1. The average Bonchev–Trinajstić information content (AvgIpc) is 2.30. The van der Waals surface area contributed by atoms with Crippen LogP contribution in [0, 0.1) is 0 Å². The molecule has 2 unspecified atom stereocenters. The maximum absolute atomic E-state index is 11.1. The third kappa shape index (κ3) is 1.28. The van der Waals surface area contributed by atoms with Crippen LogP contribution < -0.4 is 4.90 Å². The lowest BCUT2D eigenvalue weighted by Gasteiger charge is -2.53. The second kappa shape index (κ2) is 3.45. The van der Waals surface area contributed by atoms with Gasteiger partial charge in [0.25, 0.3) is 0 Å². The number of carbonyl (C=O) groups is 1. The Morgan fingerprint density at radius 1 is 1.50 bits per heavy atom. The minimum Gasteiger partial charge on any atom is -0.478 e. The number of fused-ring (bicyclic) bond motifs is 2. The second-order valence-corrected chi connectivity index (χ2v) is 4.17. The molecule has 0 saturated carbocycles. The van der Waals surface area contributed by atoms with E-state index in [0.717, 1.165) is 6.42 Å². The molecule has 3 rings (SSSR count). The standard InChI is InChI=1S/C11H12N2O3/c14-11(15)9-2-1-3-12-10(9)13-7-4-8(13)6-16-5-7/h1-3,7-8H,4-6H2,(H,14,15). The van der Waals surface area contributed by atoms with Crippen LogP contribution in [-0.4, -0.2) is 41.4 Å². The predicted octanol–water partition coefficient (Wildman–Crippen LogP) is 0.757. The van der Waals surface area contributed by atoms with Gasteiger partial charge in [-0.05, 0) is 18.6 Å². The first-order chi connectivity index (χ1) is 7.77. The summed E-state index contributed by atoms with van der Waals surface area (Å²) in [5.41, 5.74) is 0.277. The normalized spacial score (nSPS) is 27.4. The zero-order valence-electron chi connectivity index (χ0n) is 8.67. The van der Waals surface area contributed by atoms with Crippen LogP contribution in [-0.2, 0) is 4.74 Å². The molecule has 0 spiro atoms. The van der Waals surface area contributed by atoms with Gasteiger partial charge in [-0.25, -0.2) is 9.78 Å². The van der Waals surface area contributed by atoms with E-state index in [1.807, 2.05) is 0 Å². The summed E-state index contributed by atoms with van der Waals surface area (Å²) in [7, 11) is 0. The number of aromatic carboxylic acids is 1. The van der Waals surface area contributed by atoms with Gasteiger partial charge >= 0.3 is 5.97 Å². The van der Waals surface area contributed by atoms with E-state index in [2.05, 4.69) is 9.88 Å². The van der Waals surface area contributed by atoms with E-state index in [1.165, 1.54) is 0 Å². The van der Waals surface area contributed by atoms with Crippen LogP contribution in [0.25, 0.3) is 0 Å². The van der Waals surface area contributed by atoms with Crippen molar-refractivity contribution < 1.29 is 14.6 Å². The molecule has 1 aromatic heterocycles. The molecule has 0 aliphatic carbocycles. The van der Waals surface area contributed by atoms with Crippen LogP contribution in [0.1, 0.15) is 16.8 Å². The molecule has 2 aliphatic rings. The van der Waals surface area contributed by atoms with Gasteiger partial charge in [0.1, 0.15) is 11.4 Å². The van der Waals surface area contributed by atoms with Crippen LogP contribution in [0.15, 0.2) is 18.3 Å². The molecule has 2 fully saturated rings. The van der Waals surface area contributed by atoms with E-state index >= 15 is 0 Å². The Labute approximate surface area is 92.7 Å². The molecule has 0 radical (unpaired) electrons. The molecule has 2 atom stereocenters. The first kappa shape index (κ1) is 9.59. The SMILES string of the molecule is O=C(O)c1cccnc1N1C2COCC1C2. The van der Waals surface area contributed by atoms with Crippen LogP contribution in [0.4, 0.5) is 5.82 Å². The summed E-state index contributed by atoms with van der Waals surface area (Å²) in [6.07, 6.45) is 2.71. The van der Waals surface area contributed by atoms with Gasteiger partial charge in [0, 0.05) is 6.20 Å². The van der Waals surface area contributed by atoms with Crippen molar-refractivity contribution in [2.75, 3.05) is 18.1 Å². The van der Waals surface area contributed by atoms with Crippen LogP contribution in [0.2, 0.25) is 0 Å². The lowest BCUT2D eigenvalue weighted by atomic mass is 9.91. The zero-order chi connectivity index (χ0) is 11.1. The van der Waals surface area contributed by atoms with Gasteiger partial charge in [-0.15, -0.1) is 0 Å². The van der Waals surface area contributed by atoms with E-state index in [0.29, 0.717) is 31.1 Å². The van der Waals surface area contributed by atoms with Crippen molar-refractivity contribution in [1.82, 2.24) is 4.98 Å². The molecule has 0 amide bonds. The van der Waals surface area contributed by atoms with Crippen molar-refractivity contribution in [3.05, 3.63) is 23.9 Å². The van der Waals surface area contributed by atoms with Crippen molar-refractivity contribution in [3.8, 4) is 0 Å². The Morgan fingerprint density at radius 3 is 2.88 bits per heavy atom. The lowest BCUT2D eigenvalue weighted by molar-refractivity contribution is 0.00946. The Balaban J connectivity index is 1.97. The van der Waals surface area contributed by atoms with E-state index in [9.17, 15) is 4.79 Å². The van der Waals surface area contributed by atoms with Gasteiger partial charge in [-0.3, -0.25) is 0 Å². The topological polar surface area (TPSA) is 62.7 Å². The summed E-state index contributed by atoms with van der Waals surface area (Å²) < 4.78 is 5.37. The van der Waals surface area contributed by atoms with Crippen molar-refractivity contribution in [3.63, 3.8) is 0 Å². The van der Waals surface area contributed by atoms with Gasteiger partial charge in [0.05, 0.1) is 25.3 Å². The quantitative estimate of drug-likeness (QED) is 0.797. The molecule has 2 saturated heterocycles. The van der Waals surface area contributed by atoms with E-state index < -0.39 is 5.97 Å². The van der Waals surface area contributed by atoms with E-state index in [4.69, 9.17) is 9.84 Å². The Kier molecular flexibility index (Phi) is 2.07. The highest BCUT2D eigenvalue weighted by molar-refractivity contribution is 5.93. The number of pyridine rings is 1. The molecular weight excluding hydrogens is 208 g/mol. The fourth-order valence-corrected chi connectivity index (χ4v) is 2.45.